The Morgan fingerprint density at radius 2 is 0.673 bits per heavy atom. The lowest BCUT2D eigenvalue weighted by atomic mass is 10.1. The fraction of sp³-hybridized carbons (Fsp3) is 0.362. The lowest BCUT2D eigenvalue weighted by Gasteiger charge is -2.17. The normalized spacial score (nSPS) is 9.73. The number of nitrogens with zero attached hydrogens (tertiary/aromatic N) is 2. The van der Waals surface area contributed by atoms with E-state index in [1.807, 2.05) is 135 Å². The number of rotatable bonds is 10. The predicted octanol–water partition coefficient (Wildman–Crippen LogP) is 16.4. The van der Waals surface area contributed by atoms with Crippen LogP contribution >= 0.6 is 0 Å². The van der Waals surface area contributed by atoms with Crippen LogP contribution in [-0.4, -0.2) is 9.13 Å². The van der Waals surface area contributed by atoms with E-state index in [0.717, 1.165) is 62.0 Å². The molecule has 2 heteroatoms. The highest BCUT2D eigenvalue weighted by molar-refractivity contribution is 5.82. The van der Waals surface area contributed by atoms with Gasteiger partial charge in [0, 0.05) is 33.6 Å². The van der Waals surface area contributed by atoms with Gasteiger partial charge in [-0.2, -0.15) is 0 Å². The van der Waals surface area contributed by atoms with Crippen LogP contribution in [0, 0.1) is 6.92 Å². The molecule has 0 saturated heterocycles. The predicted molar refractivity (Wildman–Crippen MR) is 237 cm³/mol. The van der Waals surface area contributed by atoms with Crippen LogP contribution in [0.2, 0.25) is 0 Å². The van der Waals surface area contributed by atoms with Crippen molar-refractivity contribution in [3.05, 3.63) is 119 Å². The zero-order valence-electron chi connectivity index (χ0n) is 34.9. The fourth-order valence-electron chi connectivity index (χ4n) is 5.01. The maximum Gasteiger partial charge on any atom is 0.0537 e. The molecule has 0 N–H and O–H groups in total. The summed E-state index contributed by atoms with van der Waals surface area (Å²) in [7, 11) is 0. The van der Waals surface area contributed by atoms with Crippen molar-refractivity contribution in [2.75, 3.05) is 0 Å². The minimum atomic E-state index is 1.03. The van der Waals surface area contributed by atoms with Crippen LogP contribution in [0.15, 0.2) is 68.8 Å². The third-order valence-corrected chi connectivity index (χ3v) is 6.32. The Morgan fingerprint density at radius 1 is 0.388 bits per heavy atom. The number of aromatic nitrogens is 2. The number of hydrogen-bond donors (Lipinski definition) is 0. The van der Waals surface area contributed by atoms with E-state index in [4.69, 9.17) is 0 Å². The molecular formula is C47H74N2. The van der Waals surface area contributed by atoms with Gasteiger partial charge >= 0.3 is 0 Å². The maximum absolute atomic E-state index is 4.17. The molecule has 3 rings (SSSR count). The van der Waals surface area contributed by atoms with E-state index in [1.165, 1.54) is 0 Å². The molecule has 0 atom stereocenters. The Bertz CT molecular complexity index is 1390. The van der Waals surface area contributed by atoms with Gasteiger partial charge < -0.3 is 9.13 Å². The molecule has 49 heavy (non-hydrogen) atoms. The highest BCUT2D eigenvalue weighted by atomic mass is 15.0. The van der Waals surface area contributed by atoms with E-state index in [0.29, 0.717) is 0 Å². The average molecular weight is 667 g/mol. The largest absolute Gasteiger partial charge is 0.309 e. The first-order valence-corrected chi connectivity index (χ1v) is 18.7. The summed E-state index contributed by atoms with van der Waals surface area (Å²) in [5, 5.41) is 0. The summed E-state index contributed by atoms with van der Waals surface area (Å²) >= 11 is 0. The number of allylic oxidation sites excluding steroid dienone is 4. The molecule has 2 nitrogen and oxygen atoms in total. The van der Waals surface area contributed by atoms with Crippen LogP contribution in [0.4, 0.5) is 0 Å². The zero-order valence-corrected chi connectivity index (χ0v) is 34.9. The van der Waals surface area contributed by atoms with Gasteiger partial charge in [-0.1, -0.05) is 158 Å². The fourth-order valence-corrected chi connectivity index (χ4v) is 5.01. The summed E-state index contributed by atoms with van der Waals surface area (Å²) in [5.74, 6) is 0. The molecule has 3 aromatic rings. The van der Waals surface area contributed by atoms with Crippen molar-refractivity contribution in [2.24, 2.45) is 0 Å². The van der Waals surface area contributed by atoms with Crippen molar-refractivity contribution in [2.45, 2.75) is 118 Å². The van der Waals surface area contributed by atoms with Gasteiger partial charge in [0.05, 0.1) is 22.8 Å². The minimum absolute atomic E-state index is 1.03. The van der Waals surface area contributed by atoms with Crippen LogP contribution in [0.3, 0.4) is 0 Å². The standard InChI is InChI=1S/C35H38N2.6C2H6/c1-10-18-30-31(19-11-2)33(17-8)36(32(30)16-7)26-22-25(9)23-27(24-26)37-34(20-12-3)28(14-5)29(15-6)35(37)21-13-4;6*1-2/h10-24H,5-8H2,1-4,9H3;6*1-2H3/b18-10-,19-11-,20-12-,21-13-;;;;;;. The van der Waals surface area contributed by atoms with Crippen molar-refractivity contribution < 1.29 is 0 Å². The average Bonchev–Trinajstić information content (AvgIpc) is 3.63. The number of hydrogen-bond acceptors (Lipinski definition) is 0. The Kier molecular flexibility index (Phi) is 33.9. The molecule has 0 radical (unpaired) electrons. The molecule has 0 aliphatic rings. The second-order valence-corrected chi connectivity index (χ2v) is 8.71. The lowest BCUT2D eigenvalue weighted by Crippen LogP contribution is -2.05. The summed E-state index contributed by atoms with van der Waals surface area (Å²) in [6.07, 6.45) is 24.5. The van der Waals surface area contributed by atoms with Gasteiger partial charge in [0.15, 0.2) is 0 Å². The van der Waals surface area contributed by atoms with Gasteiger partial charge in [-0.25, -0.2) is 0 Å². The summed E-state index contributed by atoms with van der Waals surface area (Å²) in [6.45, 7) is 50.8. The number of aryl methyl sites for hydroxylation is 1. The Hall–Kier alpha value is -4.30. The smallest absolute Gasteiger partial charge is 0.0537 e. The van der Waals surface area contributed by atoms with Crippen LogP contribution in [0.1, 0.15) is 161 Å². The topological polar surface area (TPSA) is 9.86 Å². The van der Waals surface area contributed by atoms with Crippen molar-refractivity contribution in [3.63, 3.8) is 0 Å². The number of benzene rings is 1. The third-order valence-electron chi connectivity index (χ3n) is 6.32. The Labute approximate surface area is 305 Å². The highest BCUT2D eigenvalue weighted by Gasteiger charge is 2.21. The first-order chi connectivity index (χ1) is 23.9. The van der Waals surface area contributed by atoms with Gasteiger partial charge in [-0.3, -0.25) is 0 Å². The van der Waals surface area contributed by atoms with Gasteiger partial charge in [0.2, 0.25) is 0 Å². The molecule has 2 aromatic heterocycles. The monoisotopic (exact) mass is 667 g/mol. The summed E-state index contributed by atoms with van der Waals surface area (Å²) < 4.78 is 4.53. The van der Waals surface area contributed by atoms with E-state index in [9.17, 15) is 0 Å². The SMILES string of the molecule is C=Cc1c(C=C)c(/C=C\C)n(-c2cc(C)cc(-n3c(C=C)c(/C=C\C)c(/C=C\C)c3C=C)c2)c1/C=C\C.CC.CC.CC.CC.CC.CC. The van der Waals surface area contributed by atoms with Gasteiger partial charge in [-0.05, 0) is 82.7 Å². The highest BCUT2D eigenvalue weighted by Crippen LogP contribution is 2.35. The molecule has 0 bridgehead atoms. The third kappa shape index (κ3) is 13.3. The van der Waals surface area contributed by atoms with Crippen molar-refractivity contribution in [1.29, 1.82) is 0 Å². The molecule has 0 amide bonds. The van der Waals surface area contributed by atoms with Crippen LogP contribution in [0.5, 0.6) is 0 Å². The van der Waals surface area contributed by atoms with E-state index < -0.39 is 0 Å². The minimum Gasteiger partial charge on any atom is -0.309 e. The second-order valence-electron chi connectivity index (χ2n) is 8.71. The van der Waals surface area contributed by atoms with Crippen molar-refractivity contribution in [3.8, 4) is 11.4 Å². The second kappa shape index (κ2) is 32.3. The summed E-state index contributed by atoms with van der Waals surface area (Å²) in [5.41, 5.74) is 11.9. The van der Waals surface area contributed by atoms with Gasteiger partial charge in [0.25, 0.3) is 0 Å². The molecule has 0 spiro atoms. The van der Waals surface area contributed by atoms with Gasteiger partial charge in [0.1, 0.15) is 0 Å². The molecule has 0 aliphatic carbocycles. The van der Waals surface area contributed by atoms with E-state index >= 15 is 0 Å². The lowest BCUT2D eigenvalue weighted by molar-refractivity contribution is 1.00. The Balaban J connectivity index is -0.000000760. The molecule has 1 aromatic carbocycles. The van der Waals surface area contributed by atoms with E-state index in [-0.39, 0.29) is 0 Å². The van der Waals surface area contributed by atoms with E-state index in [1.54, 1.807) is 0 Å². The summed E-state index contributed by atoms with van der Waals surface area (Å²) in [4.78, 5) is 0. The van der Waals surface area contributed by atoms with Crippen molar-refractivity contribution in [1.82, 2.24) is 9.13 Å². The van der Waals surface area contributed by atoms with E-state index in [2.05, 4.69) is 109 Å². The van der Waals surface area contributed by atoms with Crippen LogP contribution < -0.4 is 0 Å². The molecule has 0 aliphatic heterocycles. The van der Waals surface area contributed by atoms with Gasteiger partial charge in [-0.15, -0.1) is 0 Å². The Morgan fingerprint density at radius 3 is 0.918 bits per heavy atom. The quantitative estimate of drug-likeness (QED) is 0.204. The van der Waals surface area contributed by atoms with Crippen molar-refractivity contribution >= 4 is 48.6 Å². The maximum atomic E-state index is 4.17. The van der Waals surface area contributed by atoms with Crippen LogP contribution in [-0.2, 0) is 0 Å². The molecule has 272 valence electrons. The van der Waals surface area contributed by atoms with Crippen LogP contribution in [0.25, 0.3) is 60.0 Å². The molecule has 0 unspecified atom stereocenters. The molecule has 0 fully saturated rings. The first-order valence-electron chi connectivity index (χ1n) is 18.7. The molecule has 2 heterocycles. The first kappa shape index (κ1) is 51.5. The summed E-state index contributed by atoms with van der Waals surface area (Å²) in [6, 6.07) is 6.65. The molecular weight excluding hydrogens is 593 g/mol. The zero-order chi connectivity index (χ0) is 39.1. The molecule has 0 saturated carbocycles.